The summed E-state index contributed by atoms with van der Waals surface area (Å²) in [5, 5.41) is 22.1. The standard InChI is InChI=1S/C26H33NO3/c1-18(9-14-23-20(3)24(29)15-16-26(23,4)5)7-6-8-19(2)17-25(30)27-21-10-12-22(28)13-11-21/h6-14,17,24,28-29H,15-16H2,1-5H3,(H,27,30)/b8-6+,14-9+,18-7+,19-17+/i10D,11D,12D,13D. The van der Waals surface area contributed by atoms with Crippen molar-refractivity contribution in [1.29, 1.82) is 0 Å². The van der Waals surface area contributed by atoms with Crippen molar-refractivity contribution in [2.24, 2.45) is 5.41 Å². The summed E-state index contributed by atoms with van der Waals surface area (Å²) in [7, 11) is 0. The molecule has 1 aliphatic rings. The zero-order valence-electron chi connectivity index (χ0n) is 22.3. The number of allylic oxidation sites excluding steroid dienone is 8. The van der Waals surface area contributed by atoms with Crippen LogP contribution in [0.1, 0.15) is 52.9 Å². The third kappa shape index (κ3) is 6.89. The number of rotatable bonds is 6. The Morgan fingerprint density at radius 3 is 2.53 bits per heavy atom. The number of carbonyl (C=O) groups is 1. The van der Waals surface area contributed by atoms with Crippen molar-refractivity contribution in [2.75, 3.05) is 5.32 Å². The maximum Gasteiger partial charge on any atom is 0.248 e. The number of anilines is 1. The first-order chi connectivity index (χ1) is 15.8. The van der Waals surface area contributed by atoms with Crippen molar-refractivity contribution in [3.8, 4) is 5.75 Å². The molecule has 1 aromatic carbocycles. The van der Waals surface area contributed by atoms with E-state index in [1.165, 1.54) is 6.08 Å². The van der Waals surface area contributed by atoms with Gasteiger partial charge < -0.3 is 15.5 Å². The lowest BCUT2D eigenvalue weighted by molar-refractivity contribution is -0.111. The van der Waals surface area contributed by atoms with E-state index in [1.54, 1.807) is 19.1 Å². The number of amides is 1. The third-order valence-corrected chi connectivity index (χ3v) is 5.15. The van der Waals surface area contributed by atoms with Crippen LogP contribution in [-0.4, -0.2) is 22.2 Å². The number of phenols is 1. The molecule has 1 aromatic rings. The number of carbonyl (C=O) groups excluding carboxylic acids is 1. The predicted octanol–water partition coefficient (Wildman–Crippen LogP) is 5.83. The fourth-order valence-corrected chi connectivity index (χ4v) is 3.32. The normalized spacial score (nSPS) is 22.1. The summed E-state index contributed by atoms with van der Waals surface area (Å²) >= 11 is 0. The largest absolute Gasteiger partial charge is 0.508 e. The molecule has 0 bridgehead atoms. The molecule has 4 nitrogen and oxygen atoms in total. The summed E-state index contributed by atoms with van der Waals surface area (Å²) in [6.45, 7) is 10.0. The van der Waals surface area contributed by atoms with E-state index < -0.39 is 41.9 Å². The van der Waals surface area contributed by atoms with Gasteiger partial charge in [-0.1, -0.05) is 49.8 Å². The molecule has 2 rings (SSSR count). The minimum Gasteiger partial charge on any atom is -0.508 e. The summed E-state index contributed by atoms with van der Waals surface area (Å²) in [4.78, 5) is 12.3. The zero-order valence-corrected chi connectivity index (χ0v) is 18.3. The molecule has 30 heavy (non-hydrogen) atoms. The first-order valence-electron chi connectivity index (χ1n) is 12.0. The number of hydrogen-bond donors (Lipinski definition) is 3. The Labute approximate surface area is 185 Å². The monoisotopic (exact) mass is 411 g/mol. The number of aliphatic hydroxyl groups is 1. The number of benzene rings is 1. The maximum atomic E-state index is 12.3. The van der Waals surface area contributed by atoms with E-state index in [1.807, 2.05) is 26.0 Å². The van der Waals surface area contributed by atoms with Gasteiger partial charge in [0.05, 0.1) is 11.6 Å². The van der Waals surface area contributed by atoms with E-state index in [2.05, 4.69) is 25.2 Å². The molecule has 0 radical (unpaired) electrons. The van der Waals surface area contributed by atoms with Gasteiger partial charge in [-0.15, -0.1) is 0 Å². The number of aromatic hydroxyl groups is 1. The molecule has 0 saturated heterocycles. The van der Waals surface area contributed by atoms with E-state index in [0.29, 0.717) is 5.57 Å². The van der Waals surface area contributed by atoms with Gasteiger partial charge in [-0.3, -0.25) is 4.79 Å². The highest BCUT2D eigenvalue weighted by Gasteiger charge is 2.30. The van der Waals surface area contributed by atoms with Crippen LogP contribution in [0.15, 0.2) is 82.9 Å². The minimum absolute atomic E-state index is 0.0133. The van der Waals surface area contributed by atoms with Crippen LogP contribution in [0.25, 0.3) is 0 Å². The van der Waals surface area contributed by atoms with Gasteiger partial charge in [0.25, 0.3) is 0 Å². The molecule has 1 amide bonds. The first kappa shape index (κ1) is 18.0. The van der Waals surface area contributed by atoms with Crippen molar-refractivity contribution in [3.63, 3.8) is 0 Å². The Balaban J connectivity index is 2.10. The van der Waals surface area contributed by atoms with Crippen LogP contribution in [-0.2, 0) is 4.79 Å². The third-order valence-electron chi connectivity index (χ3n) is 5.15. The van der Waals surface area contributed by atoms with Gasteiger partial charge in [0.2, 0.25) is 5.91 Å². The first-order valence-corrected chi connectivity index (χ1v) is 9.97. The van der Waals surface area contributed by atoms with Gasteiger partial charge in [-0.2, -0.15) is 0 Å². The Kier molecular flexibility index (Phi) is 6.14. The number of phenolic OH excluding ortho intramolecular Hbond substituents is 1. The van der Waals surface area contributed by atoms with E-state index in [0.717, 1.165) is 29.6 Å². The molecule has 160 valence electrons. The summed E-state index contributed by atoms with van der Waals surface area (Å²) in [5.41, 5.74) is 3.51. The quantitative estimate of drug-likeness (QED) is 0.313. The zero-order chi connectivity index (χ0) is 25.8. The molecule has 1 unspecified atom stereocenters. The Hall–Kier alpha value is -2.85. The van der Waals surface area contributed by atoms with Gasteiger partial charge in [0, 0.05) is 11.8 Å². The minimum atomic E-state index is -0.756. The molecule has 1 atom stereocenters. The summed E-state index contributed by atoms with van der Waals surface area (Å²) in [6, 6.07) is -2.25. The number of hydrogen-bond acceptors (Lipinski definition) is 3. The van der Waals surface area contributed by atoms with Crippen molar-refractivity contribution in [1.82, 2.24) is 0 Å². The lowest BCUT2D eigenvalue weighted by Crippen LogP contribution is -2.27. The molecule has 0 aromatic heterocycles. The van der Waals surface area contributed by atoms with Crippen molar-refractivity contribution >= 4 is 11.6 Å². The second kappa shape index (κ2) is 10.3. The molecule has 4 heteroatoms. The Morgan fingerprint density at radius 1 is 1.20 bits per heavy atom. The summed E-state index contributed by atoms with van der Waals surface area (Å²) < 4.78 is 30.9. The van der Waals surface area contributed by atoms with Crippen molar-refractivity contribution < 1.29 is 20.5 Å². The highest BCUT2D eigenvalue weighted by molar-refractivity contribution is 5.99. The van der Waals surface area contributed by atoms with E-state index in [-0.39, 0.29) is 11.1 Å². The molecule has 1 aliphatic carbocycles. The molecule has 3 N–H and O–H groups in total. The fourth-order valence-electron chi connectivity index (χ4n) is 3.32. The van der Waals surface area contributed by atoms with Crippen LogP contribution < -0.4 is 5.32 Å². The second-order valence-electron chi connectivity index (χ2n) is 8.24. The van der Waals surface area contributed by atoms with Gasteiger partial charge in [-0.25, -0.2) is 0 Å². The molecule has 0 heterocycles. The maximum absolute atomic E-state index is 12.3. The average molecular weight is 412 g/mol. The average Bonchev–Trinajstić information content (AvgIpc) is 2.76. The van der Waals surface area contributed by atoms with Gasteiger partial charge >= 0.3 is 0 Å². The summed E-state index contributed by atoms with van der Waals surface area (Å²) in [6.07, 6.45) is 12.1. The number of aliphatic hydroxyl groups excluding tert-OH is 1. The molecule has 0 aliphatic heterocycles. The van der Waals surface area contributed by atoms with Gasteiger partial charge in [0.1, 0.15) is 5.75 Å². The smallest absolute Gasteiger partial charge is 0.248 e. The lowest BCUT2D eigenvalue weighted by atomic mass is 9.71. The molecule has 0 saturated carbocycles. The molecule has 0 fully saturated rings. The van der Waals surface area contributed by atoms with Crippen LogP contribution in [0.4, 0.5) is 5.69 Å². The van der Waals surface area contributed by atoms with Gasteiger partial charge in [-0.05, 0) is 79.9 Å². The van der Waals surface area contributed by atoms with Crippen LogP contribution in [0.5, 0.6) is 5.75 Å². The van der Waals surface area contributed by atoms with E-state index in [9.17, 15) is 15.0 Å². The fraction of sp³-hybridized carbons (Fsp3) is 0.346. The van der Waals surface area contributed by atoms with E-state index in [4.69, 9.17) is 5.48 Å². The van der Waals surface area contributed by atoms with Crippen LogP contribution in [0.2, 0.25) is 0 Å². The predicted molar refractivity (Wildman–Crippen MR) is 124 cm³/mol. The summed E-state index contributed by atoms with van der Waals surface area (Å²) in [5.74, 6) is -1.36. The van der Waals surface area contributed by atoms with Gasteiger partial charge in [0.15, 0.2) is 0 Å². The van der Waals surface area contributed by atoms with Crippen LogP contribution in [0, 0.1) is 5.41 Å². The Morgan fingerprint density at radius 2 is 1.87 bits per heavy atom. The molecule has 0 spiro atoms. The van der Waals surface area contributed by atoms with Crippen LogP contribution in [0.3, 0.4) is 0 Å². The SMILES string of the molecule is [2H]c1c([2H])c(NC(=O)/C=C(C)/C=C/C=C(C)/C=C/C2=C(C)C(O)CCC2(C)C)c([2H])c([2H])c1O. The molecular weight excluding hydrogens is 374 g/mol. The number of nitrogens with one attached hydrogen (secondary N) is 1. The van der Waals surface area contributed by atoms with Crippen molar-refractivity contribution in [3.05, 3.63) is 82.9 Å². The lowest BCUT2D eigenvalue weighted by Gasteiger charge is -2.35. The highest BCUT2D eigenvalue weighted by atomic mass is 16.3. The topological polar surface area (TPSA) is 69.6 Å². The van der Waals surface area contributed by atoms with Crippen molar-refractivity contribution in [2.45, 2.75) is 53.6 Å². The Bertz CT molecular complexity index is 1100. The highest BCUT2D eigenvalue weighted by Crippen LogP contribution is 2.41. The van der Waals surface area contributed by atoms with Crippen LogP contribution >= 0.6 is 0 Å². The molecular formula is C26H33NO3. The van der Waals surface area contributed by atoms with E-state index >= 15 is 0 Å². The second-order valence-corrected chi connectivity index (χ2v) is 8.24.